The van der Waals surface area contributed by atoms with Crippen LogP contribution >= 0.6 is 0 Å². The third-order valence-electron chi connectivity index (χ3n) is 1.63. The number of hydrogen-bond donors (Lipinski definition) is 3. The van der Waals surface area contributed by atoms with Crippen molar-refractivity contribution in [1.82, 2.24) is 0 Å². The predicted molar refractivity (Wildman–Crippen MR) is 49.4 cm³/mol. The Morgan fingerprint density at radius 2 is 2.14 bits per heavy atom. The minimum absolute atomic E-state index is 0.0655. The molecule has 0 spiro atoms. The van der Waals surface area contributed by atoms with Crippen molar-refractivity contribution in [1.29, 1.82) is 0 Å². The van der Waals surface area contributed by atoms with Gasteiger partial charge in [-0.2, -0.15) is 0 Å². The van der Waals surface area contributed by atoms with Crippen molar-refractivity contribution in [3.05, 3.63) is 33.9 Å². The van der Waals surface area contributed by atoms with Gasteiger partial charge in [0, 0.05) is 11.6 Å². The van der Waals surface area contributed by atoms with E-state index in [1.807, 2.05) is 0 Å². The van der Waals surface area contributed by atoms with E-state index in [1.165, 1.54) is 12.1 Å². The highest BCUT2D eigenvalue weighted by Crippen LogP contribution is 2.24. The molecule has 0 aliphatic carbocycles. The van der Waals surface area contributed by atoms with E-state index in [0.717, 1.165) is 6.07 Å². The van der Waals surface area contributed by atoms with E-state index in [4.69, 9.17) is 11.6 Å². The van der Waals surface area contributed by atoms with Gasteiger partial charge in [-0.1, -0.05) is 0 Å². The standard InChI is InChI=1S/C7H8N4O3/c8-7(12)4-1-2-5(10-9)6(3-4)11(13)14/h1-3,10H,9H2,(H2,8,12). The summed E-state index contributed by atoms with van der Waals surface area (Å²) in [5.41, 5.74) is 7.01. The Labute approximate surface area is 78.8 Å². The molecule has 5 N–H and O–H groups in total. The van der Waals surface area contributed by atoms with Gasteiger partial charge >= 0.3 is 0 Å². The molecule has 0 heterocycles. The quantitative estimate of drug-likeness (QED) is 0.356. The zero-order chi connectivity index (χ0) is 10.7. The number of hydrazine groups is 1. The van der Waals surface area contributed by atoms with Crippen LogP contribution in [0.3, 0.4) is 0 Å². The van der Waals surface area contributed by atoms with Gasteiger partial charge in [-0.15, -0.1) is 0 Å². The highest BCUT2D eigenvalue weighted by Gasteiger charge is 2.15. The average Bonchev–Trinajstić information content (AvgIpc) is 2.16. The molecule has 0 fully saturated rings. The summed E-state index contributed by atoms with van der Waals surface area (Å²) < 4.78 is 0. The van der Waals surface area contributed by atoms with Gasteiger partial charge in [0.05, 0.1) is 4.92 Å². The molecule has 7 heteroatoms. The van der Waals surface area contributed by atoms with E-state index in [2.05, 4.69) is 5.43 Å². The Hall–Kier alpha value is -2.15. The lowest BCUT2D eigenvalue weighted by molar-refractivity contribution is -0.384. The third-order valence-corrected chi connectivity index (χ3v) is 1.63. The van der Waals surface area contributed by atoms with Crippen LogP contribution in [0, 0.1) is 10.1 Å². The van der Waals surface area contributed by atoms with Crippen LogP contribution in [0.4, 0.5) is 11.4 Å². The Kier molecular flexibility index (Phi) is 2.63. The lowest BCUT2D eigenvalue weighted by atomic mass is 10.1. The highest BCUT2D eigenvalue weighted by atomic mass is 16.6. The van der Waals surface area contributed by atoms with Gasteiger partial charge in [0.2, 0.25) is 5.91 Å². The van der Waals surface area contributed by atoms with E-state index in [-0.39, 0.29) is 16.9 Å². The Balaban J connectivity index is 3.27. The van der Waals surface area contributed by atoms with Crippen molar-refractivity contribution in [2.45, 2.75) is 0 Å². The van der Waals surface area contributed by atoms with Crippen LogP contribution in [-0.2, 0) is 0 Å². The molecule has 0 unspecified atom stereocenters. The summed E-state index contributed by atoms with van der Waals surface area (Å²) in [5, 5.41) is 10.5. The molecular formula is C7H8N4O3. The molecule has 0 saturated heterocycles. The summed E-state index contributed by atoms with van der Waals surface area (Å²) in [4.78, 5) is 20.6. The van der Waals surface area contributed by atoms with E-state index in [0.29, 0.717) is 0 Å². The number of carbonyl (C=O) groups excluding carboxylic acids is 1. The number of amides is 1. The van der Waals surface area contributed by atoms with E-state index < -0.39 is 10.8 Å². The second-order valence-corrected chi connectivity index (χ2v) is 2.50. The number of anilines is 1. The van der Waals surface area contributed by atoms with Crippen LogP contribution < -0.4 is 17.0 Å². The molecule has 0 atom stereocenters. The Morgan fingerprint density at radius 1 is 1.50 bits per heavy atom. The molecule has 0 bridgehead atoms. The zero-order valence-electron chi connectivity index (χ0n) is 7.06. The predicted octanol–water partition coefficient (Wildman–Crippen LogP) is -0.0207. The van der Waals surface area contributed by atoms with E-state index in [9.17, 15) is 14.9 Å². The largest absolute Gasteiger partial charge is 0.366 e. The summed E-state index contributed by atoms with van der Waals surface area (Å²) in [6.45, 7) is 0. The molecule has 14 heavy (non-hydrogen) atoms. The minimum atomic E-state index is -0.725. The Morgan fingerprint density at radius 3 is 2.57 bits per heavy atom. The normalized spacial score (nSPS) is 9.50. The number of hydrogen-bond acceptors (Lipinski definition) is 5. The molecule has 0 aliphatic rings. The van der Waals surface area contributed by atoms with Crippen LogP contribution in [0.25, 0.3) is 0 Å². The fraction of sp³-hybridized carbons (Fsp3) is 0. The van der Waals surface area contributed by atoms with Gasteiger partial charge in [0.1, 0.15) is 5.69 Å². The number of nitrogen functional groups attached to an aromatic ring is 1. The van der Waals surface area contributed by atoms with Crippen molar-refractivity contribution < 1.29 is 9.72 Å². The molecule has 0 radical (unpaired) electrons. The van der Waals surface area contributed by atoms with Crippen LogP contribution in [0.5, 0.6) is 0 Å². The van der Waals surface area contributed by atoms with E-state index in [1.54, 1.807) is 0 Å². The summed E-state index contributed by atoms with van der Waals surface area (Å²) in [6.07, 6.45) is 0. The summed E-state index contributed by atoms with van der Waals surface area (Å²) in [5.74, 6) is 4.32. The average molecular weight is 196 g/mol. The second kappa shape index (κ2) is 3.71. The number of carbonyl (C=O) groups is 1. The van der Waals surface area contributed by atoms with Gasteiger partial charge in [-0.25, -0.2) is 0 Å². The summed E-state index contributed by atoms with van der Waals surface area (Å²) in [7, 11) is 0. The minimum Gasteiger partial charge on any atom is -0.366 e. The molecule has 0 aliphatic heterocycles. The lowest BCUT2D eigenvalue weighted by Crippen LogP contribution is -2.13. The van der Waals surface area contributed by atoms with Crippen molar-refractivity contribution >= 4 is 17.3 Å². The first-order valence-electron chi connectivity index (χ1n) is 3.61. The monoisotopic (exact) mass is 196 g/mol. The first kappa shape index (κ1) is 9.93. The maximum Gasteiger partial charge on any atom is 0.294 e. The number of nitrogens with zero attached hydrogens (tertiary/aromatic N) is 1. The first-order valence-corrected chi connectivity index (χ1v) is 3.61. The van der Waals surface area contributed by atoms with Crippen molar-refractivity contribution in [3.8, 4) is 0 Å². The lowest BCUT2D eigenvalue weighted by Gasteiger charge is -2.02. The number of benzene rings is 1. The van der Waals surface area contributed by atoms with Crippen LogP contribution in [0.2, 0.25) is 0 Å². The van der Waals surface area contributed by atoms with Crippen LogP contribution in [0.1, 0.15) is 10.4 Å². The third kappa shape index (κ3) is 1.77. The molecule has 74 valence electrons. The van der Waals surface area contributed by atoms with Gasteiger partial charge in [0.25, 0.3) is 5.69 Å². The molecule has 7 nitrogen and oxygen atoms in total. The molecule has 1 aromatic rings. The maximum atomic E-state index is 10.7. The molecule has 0 saturated carbocycles. The summed E-state index contributed by atoms with van der Waals surface area (Å²) in [6, 6.07) is 3.74. The Bertz CT molecular complexity index is 391. The fourth-order valence-electron chi connectivity index (χ4n) is 0.958. The number of primary amides is 1. The molecule has 0 aromatic heterocycles. The maximum absolute atomic E-state index is 10.7. The molecule has 1 aromatic carbocycles. The second-order valence-electron chi connectivity index (χ2n) is 2.50. The number of nitro benzene ring substituents is 1. The topological polar surface area (TPSA) is 124 Å². The first-order chi connectivity index (χ1) is 6.56. The SMILES string of the molecule is NNc1ccc(C(N)=O)cc1[N+](=O)[O-]. The summed E-state index contributed by atoms with van der Waals surface area (Å²) >= 11 is 0. The smallest absolute Gasteiger partial charge is 0.294 e. The van der Waals surface area contributed by atoms with Crippen molar-refractivity contribution in [3.63, 3.8) is 0 Å². The van der Waals surface area contributed by atoms with Gasteiger partial charge < -0.3 is 11.2 Å². The molecule has 1 rings (SSSR count). The van der Waals surface area contributed by atoms with Gasteiger partial charge in [-0.05, 0) is 12.1 Å². The van der Waals surface area contributed by atoms with Gasteiger partial charge in [0.15, 0.2) is 0 Å². The number of rotatable bonds is 3. The highest BCUT2D eigenvalue weighted by molar-refractivity contribution is 5.94. The number of nitrogens with two attached hydrogens (primary N) is 2. The van der Waals surface area contributed by atoms with Crippen LogP contribution in [0.15, 0.2) is 18.2 Å². The van der Waals surface area contributed by atoms with Crippen molar-refractivity contribution in [2.24, 2.45) is 11.6 Å². The number of nitro groups is 1. The van der Waals surface area contributed by atoms with E-state index >= 15 is 0 Å². The molecular weight excluding hydrogens is 188 g/mol. The zero-order valence-corrected chi connectivity index (χ0v) is 7.06. The number of nitrogens with one attached hydrogen (secondary N) is 1. The van der Waals surface area contributed by atoms with Crippen LogP contribution in [-0.4, -0.2) is 10.8 Å². The van der Waals surface area contributed by atoms with Gasteiger partial charge in [-0.3, -0.25) is 20.8 Å². The molecule has 1 amide bonds. The fourth-order valence-corrected chi connectivity index (χ4v) is 0.958. The van der Waals surface area contributed by atoms with Crippen molar-refractivity contribution in [2.75, 3.05) is 5.43 Å².